The maximum atomic E-state index is 13.6. The van der Waals surface area contributed by atoms with Crippen LogP contribution in [-0.4, -0.2) is 12.0 Å². The molecule has 0 spiro atoms. The normalized spacial score (nSPS) is 12.4. The lowest BCUT2D eigenvalue weighted by Crippen LogP contribution is -2.13. The lowest BCUT2D eigenvalue weighted by Gasteiger charge is -2.13. The Balaban J connectivity index is 2.56. The molecule has 1 nitrogen and oxygen atoms in total. The molecule has 2 aromatic rings. The van der Waals surface area contributed by atoms with Gasteiger partial charge in [0.15, 0.2) is 11.6 Å². The van der Waals surface area contributed by atoms with Crippen LogP contribution in [0.25, 0.3) is 5.57 Å². The average Bonchev–Trinajstić information content (AvgIpc) is 2.51. The fourth-order valence-electron chi connectivity index (χ4n) is 2.00. The van der Waals surface area contributed by atoms with Crippen LogP contribution in [0, 0.1) is 12.7 Å². The van der Waals surface area contributed by atoms with Crippen molar-refractivity contribution in [3.8, 4) is 0 Å². The monoisotopic (exact) mass is 498 g/mol. The lowest BCUT2D eigenvalue weighted by molar-refractivity contribution is -0.0689. The van der Waals surface area contributed by atoms with Gasteiger partial charge in [-0.2, -0.15) is 13.2 Å². The van der Waals surface area contributed by atoms with Crippen LogP contribution in [0.1, 0.15) is 21.5 Å². The smallest absolute Gasteiger partial charge is 0.289 e. The molecule has 0 bridgehead atoms. The molecule has 0 aliphatic carbocycles. The number of hydrogen-bond acceptors (Lipinski definition) is 1. The van der Waals surface area contributed by atoms with Crippen LogP contribution in [-0.2, 0) is 0 Å². The molecule has 0 atom stereocenters. The highest BCUT2D eigenvalue weighted by Gasteiger charge is 2.36. The number of halogens is 7. The first kappa shape index (κ1) is 20.1. The summed E-state index contributed by atoms with van der Waals surface area (Å²) in [6, 6.07) is 6.18. The highest BCUT2D eigenvalue weighted by atomic mass is 79.9. The minimum Gasteiger partial charge on any atom is -0.289 e. The minimum atomic E-state index is -4.80. The van der Waals surface area contributed by atoms with E-state index in [2.05, 4.69) is 31.9 Å². The number of carbonyl (C=O) groups excluding carboxylic acids is 1. The molecule has 0 aliphatic heterocycles. The van der Waals surface area contributed by atoms with Crippen molar-refractivity contribution in [2.45, 2.75) is 13.1 Å². The van der Waals surface area contributed by atoms with Crippen molar-refractivity contribution in [1.29, 1.82) is 0 Å². The van der Waals surface area contributed by atoms with E-state index in [4.69, 9.17) is 11.6 Å². The Hall–Kier alpha value is -1.18. The van der Waals surface area contributed by atoms with Gasteiger partial charge in [-0.25, -0.2) is 4.39 Å². The molecule has 132 valence electrons. The zero-order chi connectivity index (χ0) is 18.9. The van der Waals surface area contributed by atoms with E-state index in [0.29, 0.717) is 11.6 Å². The van der Waals surface area contributed by atoms with E-state index in [1.807, 2.05) is 0 Å². The Morgan fingerprint density at radius 1 is 1.08 bits per heavy atom. The largest absolute Gasteiger partial charge is 0.417 e. The molecule has 8 heteroatoms. The molecule has 25 heavy (non-hydrogen) atoms. The SMILES string of the molecule is Cc1ccc(C(=O)/C=C(\c2cc(Br)c(F)c(Br)c2)C(F)(F)F)cc1Cl. The first-order valence-electron chi connectivity index (χ1n) is 6.75. The summed E-state index contributed by atoms with van der Waals surface area (Å²) in [6.07, 6.45) is -4.33. The molecule has 0 saturated heterocycles. The fraction of sp³-hybridized carbons (Fsp3) is 0.118. The maximum absolute atomic E-state index is 13.6. The van der Waals surface area contributed by atoms with Gasteiger partial charge in [0.05, 0.1) is 14.5 Å². The summed E-state index contributed by atoms with van der Waals surface area (Å²) < 4.78 is 53.5. The Morgan fingerprint density at radius 2 is 1.64 bits per heavy atom. The van der Waals surface area contributed by atoms with Crippen molar-refractivity contribution in [3.05, 3.63) is 72.9 Å². The standard InChI is InChI=1S/C17H9Br2ClF4O/c1-8-2-3-9(6-14(8)20)15(25)7-11(17(22,23)24)10-4-12(18)16(21)13(19)5-10/h2-7H,1H3/b11-7+. The highest BCUT2D eigenvalue weighted by molar-refractivity contribution is 9.11. The second-order valence-corrected chi connectivity index (χ2v) is 7.25. The topological polar surface area (TPSA) is 17.1 Å². The van der Waals surface area contributed by atoms with E-state index >= 15 is 0 Å². The maximum Gasteiger partial charge on any atom is 0.417 e. The van der Waals surface area contributed by atoms with E-state index < -0.39 is 23.3 Å². The van der Waals surface area contributed by atoms with Crippen molar-refractivity contribution in [2.75, 3.05) is 0 Å². The van der Waals surface area contributed by atoms with Gasteiger partial charge in [0, 0.05) is 10.6 Å². The second kappa shape index (κ2) is 7.60. The lowest BCUT2D eigenvalue weighted by atomic mass is 10.0. The van der Waals surface area contributed by atoms with Gasteiger partial charge in [-0.15, -0.1) is 0 Å². The van der Waals surface area contributed by atoms with Gasteiger partial charge < -0.3 is 0 Å². The predicted molar refractivity (Wildman–Crippen MR) is 96.4 cm³/mol. The molecule has 0 unspecified atom stereocenters. The van der Waals surface area contributed by atoms with Gasteiger partial charge in [-0.05, 0) is 74.2 Å². The first-order chi connectivity index (χ1) is 11.5. The highest BCUT2D eigenvalue weighted by Crippen LogP contribution is 2.37. The Labute approximate surface area is 162 Å². The number of hydrogen-bond donors (Lipinski definition) is 0. The zero-order valence-corrected chi connectivity index (χ0v) is 16.4. The molecule has 0 amide bonds. The number of aryl methyl sites for hydroxylation is 1. The Bertz CT molecular complexity index is 852. The van der Waals surface area contributed by atoms with E-state index in [0.717, 1.165) is 12.1 Å². The van der Waals surface area contributed by atoms with Crippen LogP contribution in [0.5, 0.6) is 0 Å². The van der Waals surface area contributed by atoms with Gasteiger partial charge in [0.1, 0.15) is 0 Å². The van der Waals surface area contributed by atoms with Gasteiger partial charge in [0.25, 0.3) is 0 Å². The summed E-state index contributed by atoms with van der Waals surface area (Å²) >= 11 is 11.6. The molecule has 0 fully saturated rings. The molecular formula is C17H9Br2ClF4O. The third kappa shape index (κ3) is 4.71. The number of benzene rings is 2. The zero-order valence-electron chi connectivity index (χ0n) is 12.5. The molecule has 0 radical (unpaired) electrons. The second-order valence-electron chi connectivity index (χ2n) is 5.14. The van der Waals surface area contributed by atoms with Crippen LogP contribution in [0.2, 0.25) is 5.02 Å². The molecule has 0 aromatic heterocycles. The molecule has 0 N–H and O–H groups in total. The first-order valence-corrected chi connectivity index (χ1v) is 8.71. The Morgan fingerprint density at radius 3 is 2.12 bits per heavy atom. The Kier molecular flexibility index (Phi) is 6.12. The van der Waals surface area contributed by atoms with Crippen LogP contribution < -0.4 is 0 Å². The van der Waals surface area contributed by atoms with E-state index in [1.54, 1.807) is 13.0 Å². The minimum absolute atomic E-state index is 0.0255. The summed E-state index contributed by atoms with van der Waals surface area (Å²) in [7, 11) is 0. The summed E-state index contributed by atoms with van der Waals surface area (Å²) in [6.45, 7) is 1.71. The quantitative estimate of drug-likeness (QED) is 0.190. The predicted octanol–water partition coefficient (Wildman–Crippen LogP) is 7.14. The van der Waals surface area contributed by atoms with Crippen molar-refractivity contribution in [1.82, 2.24) is 0 Å². The van der Waals surface area contributed by atoms with Gasteiger partial charge in [-0.1, -0.05) is 23.7 Å². The van der Waals surface area contributed by atoms with Crippen molar-refractivity contribution in [2.24, 2.45) is 0 Å². The third-order valence-electron chi connectivity index (χ3n) is 3.33. The summed E-state index contributed by atoms with van der Waals surface area (Å²) in [5.74, 6) is -1.59. The molecule has 0 aliphatic rings. The van der Waals surface area contributed by atoms with E-state index in [9.17, 15) is 22.4 Å². The van der Waals surface area contributed by atoms with Crippen LogP contribution in [0.3, 0.4) is 0 Å². The van der Waals surface area contributed by atoms with Gasteiger partial charge in [0.2, 0.25) is 0 Å². The van der Waals surface area contributed by atoms with E-state index in [-0.39, 0.29) is 25.1 Å². The van der Waals surface area contributed by atoms with Crippen LogP contribution in [0.4, 0.5) is 17.6 Å². The molecule has 0 heterocycles. The number of alkyl halides is 3. The molecule has 2 aromatic carbocycles. The summed E-state index contributed by atoms with van der Waals surface area (Å²) in [4.78, 5) is 12.2. The fourth-order valence-corrected chi connectivity index (χ4v) is 3.37. The van der Waals surface area contributed by atoms with Gasteiger partial charge >= 0.3 is 6.18 Å². The molecule has 0 saturated carbocycles. The van der Waals surface area contributed by atoms with Crippen LogP contribution in [0.15, 0.2) is 45.4 Å². The number of ketones is 1. The molecule has 2 rings (SSSR count). The van der Waals surface area contributed by atoms with Gasteiger partial charge in [-0.3, -0.25) is 4.79 Å². The van der Waals surface area contributed by atoms with Crippen molar-refractivity contribution in [3.63, 3.8) is 0 Å². The molecular weight excluding hydrogens is 491 g/mol. The van der Waals surface area contributed by atoms with Crippen LogP contribution >= 0.6 is 43.5 Å². The van der Waals surface area contributed by atoms with Crippen molar-refractivity contribution < 1.29 is 22.4 Å². The number of carbonyl (C=O) groups is 1. The summed E-state index contributed by atoms with van der Waals surface area (Å²) in [5.41, 5.74) is -0.808. The van der Waals surface area contributed by atoms with E-state index in [1.165, 1.54) is 12.1 Å². The average molecular weight is 501 g/mol. The number of rotatable bonds is 3. The number of allylic oxidation sites excluding steroid dienone is 2. The third-order valence-corrected chi connectivity index (χ3v) is 4.89. The van der Waals surface area contributed by atoms with Crippen molar-refractivity contribution >= 4 is 54.8 Å². The summed E-state index contributed by atoms with van der Waals surface area (Å²) in [5, 5.41) is 0.278.